The van der Waals surface area contributed by atoms with Crippen LogP contribution in [-0.2, 0) is 0 Å². The molecule has 21 heavy (non-hydrogen) atoms. The molecule has 0 amide bonds. The lowest BCUT2D eigenvalue weighted by Crippen LogP contribution is -2.05. The smallest absolute Gasteiger partial charge is 0.276 e. The van der Waals surface area contributed by atoms with E-state index in [4.69, 9.17) is 10.5 Å². The van der Waals surface area contributed by atoms with Crippen LogP contribution in [0.1, 0.15) is 24.1 Å². The van der Waals surface area contributed by atoms with E-state index >= 15 is 0 Å². The molecule has 5 nitrogen and oxygen atoms in total. The normalized spacial score (nSPS) is 12.0. The molecule has 1 atom stereocenters. The Bertz CT molecular complexity index is 687. The Balaban J connectivity index is 2.35. The molecule has 0 heterocycles. The van der Waals surface area contributed by atoms with Crippen LogP contribution < -0.4 is 10.5 Å². The number of rotatable bonds is 4. The van der Waals surface area contributed by atoms with E-state index in [-0.39, 0.29) is 23.2 Å². The largest absolute Gasteiger partial charge is 0.454 e. The van der Waals surface area contributed by atoms with Crippen LogP contribution in [0.5, 0.6) is 11.5 Å². The van der Waals surface area contributed by atoms with Crippen molar-refractivity contribution in [1.82, 2.24) is 0 Å². The number of nitrogens with zero attached hydrogens (tertiary/aromatic N) is 1. The monoisotopic (exact) mass is 290 g/mol. The lowest BCUT2D eigenvalue weighted by Gasteiger charge is -2.11. The standard InChI is InChI=1S/C15H15FN2O3/c1-9-13(18(19)20)4-3-5-14(9)21-15-7-6-11(10(2)17)8-12(15)16/h3-8,10H,17H2,1-2H3/t10-/m0/s1. The van der Waals surface area contributed by atoms with Crippen LogP contribution in [0.3, 0.4) is 0 Å². The van der Waals surface area contributed by atoms with E-state index in [1.54, 1.807) is 26.0 Å². The van der Waals surface area contributed by atoms with Crippen LogP contribution in [0.4, 0.5) is 10.1 Å². The van der Waals surface area contributed by atoms with E-state index in [2.05, 4.69) is 0 Å². The molecule has 2 aromatic rings. The molecule has 110 valence electrons. The molecule has 0 unspecified atom stereocenters. The average Bonchev–Trinajstić information content (AvgIpc) is 2.42. The Labute approximate surface area is 121 Å². The van der Waals surface area contributed by atoms with Gasteiger partial charge in [-0.25, -0.2) is 4.39 Å². The fraction of sp³-hybridized carbons (Fsp3) is 0.200. The second kappa shape index (κ2) is 5.88. The third-order valence-electron chi connectivity index (χ3n) is 3.15. The molecule has 0 saturated carbocycles. The van der Waals surface area contributed by atoms with E-state index in [1.807, 2.05) is 0 Å². The van der Waals surface area contributed by atoms with Crippen LogP contribution in [0.15, 0.2) is 36.4 Å². The summed E-state index contributed by atoms with van der Waals surface area (Å²) in [5.41, 5.74) is 6.60. The predicted octanol–water partition coefficient (Wildman–Crippen LogP) is 3.85. The van der Waals surface area contributed by atoms with Gasteiger partial charge in [0.2, 0.25) is 0 Å². The highest BCUT2D eigenvalue weighted by Gasteiger charge is 2.16. The maximum absolute atomic E-state index is 14.0. The molecular formula is C15H15FN2O3. The van der Waals surface area contributed by atoms with Crippen molar-refractivity contribution in [1.29, 1.82) is 0 Å². The van der Waals surface area contributed by atoms with Crippen molar-refractivity contribution in [3.8, 4) is 11.5 Å². The zero-order chi connectivity index (χ0) is 15.6. The number of benzene rings is 2. The summed E-state index contributed by atoms with van der Waals surface area (Å²) in [4.78, 5) is 10.4. The van der Waals surface area contributed by atoms with E-state index in [0.29, 0.717) is 11.1 Å². The van der Waals surface area contributed by atoms with Gasteiger partial charge in [0.15, 0.2) is 11.6 Å². The molecule has 0 aliphatic heterocycles. The van der Waals surface area contributed by atoms with Gasteiger partial charge in [-0.15, -0.1) is 0 Å². The van der Waals surface area contributed by atoms with Crippen molar-refractivity contribution in [3.63, 3.8) is 0 Å². The highest BCUT2D eigenvalue weighted by molar-refractivity contribution is 5.50. The summed E-state index contributed by atoms with van der Waals surface area (Å²) in [7, 11) is 0. The minimum Gasteiger partial charge on any atom is -0.454 e. The van der Waals surface area contributed by atoms with Gasteiger partial charge in [-0.05, 0) is 37.6 Å². The SMILES string of the molecule is Cc1c(Oc2ccc([C@H](C)N)cc2F)cccc1[N+](=O)[O-]. The number of hydrogen-bond donors (Lipinski definition) is 1. The molecule has 0 fully saturated rings. The van der Waals surface area contributed by atoms with Gasteiger partial charge in [-0.2, -0.15) is 0 Å². The van der Waals surface area contributed by atoms with Crippen LogP contribution in [0.25, 0.3) is 0 Å². The summed E-state index contributed by atoms with van der Waals surface area (Å²) in [6, 6.07) is 8.57. The van der Waals surface area contributed by atoms with E-state index in [9.17, 15) is 14.5 Å². The number of nitro groups is 1. The molecular weight excluding hydrogens is 275 g/mol. The molecule has 2 rings (SSSR count). The first-order valence-corrected chi connectivity index (χ1v) is 6.37. The number of halogens is 1. The zero-order valence-corrected chi connectivity index (χ0v) is 11.7. The summed E-state index contributed by atoms with van der Waals surface area (Å²) in [5, 5.41) is 10.9. The van der Waals surface area contributed by atoms with Gasteiger partial charge in [0, 0.05) is 12.1 Å². The maximum atomic E-state index is 14.0. The minimum atomic E-state index is -0.560. The van der Waals surface area contributed by atoms with Crippen molar-refractivity contribution in [2.75, 3.05) is 0 Å². The number of nitro benzene ring substituents is 1. The second-order valence-corrected chi connectivity index (χ2v) is 4.74. The first-order chi connectivity index (χ1) is 9.90. The van der Waals surface area contributed by atoms with Crippen molar-refractivity contribution in [3.05, 3.63) is 63.5 Å². The summed E-state index contributed by atoms with van der Waals surface area (Å²) in [5.74, 6) is -0.310. The molecule has 0 spiro atoms. The first kappa shape index (κ1) is 14.9. The Morgan fingerprint density at radius 3 is 2.57 bits per heavy atom. The summed E-state index contributed by atoms with van der Waals surface area (Å²) < 4.78 is 19.4. The molecule has 0 saturated heterocycles. The fourth-order valence-electron chi connectivity index (χ4n) is 1.91. The lowest BCUT2D eigenvalue weighted by molar-refractivity contribution is -0.385. The average molecular weight is 290 g/mol. The van der Waals surface area contributed by atoms with Crippen LogP contribution in [0.2, 0.25) is 0 Å². The second-order valence-electron chi connectivity index (χ2n) is 4.74. The Hall–Kier alpha value is -2.47. The third-order valence-corrected chi connectivity index (χ3v) is 3.15. The first-order valence-electron chi connectivity index (χ1n) is 6.37. The van der Waals surface area contributed by atoms with Crippen LogP contribution in [-0.4, -0.2) is 4.92 Å². The highest BCUT2D eigenvalue weighted by atomic mass is 19.1. The Morgan fingerprint density at radius 2 is 2.00 bits per heavy atom. The molecule has 0 aliphatic carbocycles. The van der Waals surface area contributed by atoms with Gasteiger partial charge >= 0.3 is 0 Å². The molecule has 2 N–H and O–H groups in total. The number of nitrogens with two attached hydrogens (primary N) is 1. The molecule has 0 aromatic heterocycles. The quantitative estimate of drug-likeness (QED) is 0.685. The third kappa shape index (κ3) is 3.17. The van der Waals surface area contributed by atoms with Gasteiger partial charge in [-0.3, -0.25) is 10.1 Å². The van der Waals surface area contributed by atoms with Crippen molar-refractivity contribution < 1.29 is 14.1 Å². The fourth-order valence-corrected chi connectivity index (χ4v) is 1.91. The van der Waals surface area contributed by atoms with Gasteiger partial charge < -0.3 is 10.5 Å². The van der Waals surface area contributed by atoms with Gasteiger partial charge in [0.25, 0.3) is 5.69 Å². The topological polar surface area (TPSA) is 78.4 Å². The van der Waals surface area contributed by atoms with Gasteiger partial charge in [-0.1, -0.05) is 12.1 Å². The van der Waals surface area contributed by atoms with Crippen molar-refractivity contribution in [2.45, 2.75) is 19.9 Å². The molecule has 0 radical (unpaired) electrons. The Kier molecular flexibility index (Phi) is 4.18. The minimum absolute atomic E-state index is 0.00278. The molecule has 0 aliphatic rings. The summed E-state index contributed by atoms with van der Waals surface area (Å²) in [6.07, 6.45) is 0. The molecule has 0 bridgehead atoms. The van der Waals surface area contributed by atoms with Crippen LogP contribution in [0, 0.1) is 22.9 Å². The highest BCUT2D eigenvalue weighted by Crippen LogP contribution is 2.32. The van der Waals surface area contributed by atoms with Crippen molar-refractivity contribution in [2.24, 2.45) is 5.73 Å². The van der Waals surface area contributed by atoms with E-state index in [1.165, 1.54) is 24.3 Å². The predicted molar refractivity (Wildman–Crippen MR) is 76.9 cm³/mol. The van der Waals surface area contributed by atoms with E-state index in [0.717, 1.165) is 0 Å². The zero-order valence-electron chi connectivity index (χ0n) is 11.7. The van der Waals surface area contributed by atoms with Gasteiger partial charge in [0.05, 0.1) is 10.5 Å². The molecule has 6 heteroatoms. The van der Waals surface area contributed by atoms with Crippen molar-refractivity contribution >= 4 is 5.69 Å². The summed E-state index contributed by atoms with van der Waals surface area (Å²) >= 11 is 0. The molecule has 2 aromatic carbocycles. The number of hydrogen-bond acceptors (Lipinski definition) is 4. The number of ether oxygens (including phenoxy) is 1. The lowest BCUT2D eigenvalue weighted by atomic mass is 10.1. The van der Waals surface area contributed by atoms with Gasteiger partial charge in [0.1, 0.15) is 5.75 Å². The maximum Gasteiger partial charge on any atom is 0.276 e. The summed E-state index contributed by atoms with van der Waals surface area (Å²) in [6.45, 7) is 3.31. The van der Waals surface area contributed by atoms with E-state index < -0.39 is 10.7 Å². The Morgan fingerprint density at radius 1 is 1.29 bits per heavy atom. The van der Waals surface area contributed by atoms with Crippen LogP contribution >= 0.6 is 0 Å².